The summed E-state index contributed by atoms with van der Waals surface area (Å²) in [5.74, 6) is 1.25. The van der Waals surface area contributed by atoms with Crippen LogP contribution in [0.1, 0.15) is 48.3 Å². The number of thiophene rings is 1. The molecule has 1 aromatic carbocycles. The first-order valence-corrected chi connectivity index (χ1v) is 10.2. The minimum absolute atomic E-state index is 0.218. The standard InChI is InChI=1S/C22H24N2O2S/c1-3-12-26-17-8-5-16(6-9-17)7-11-21(25)24-22-19(14-23)18-10-4-15(2)13-20(18)27-22/h5-9,11,15H,3-4,10,12-13H2,1-2H3,(H,24,25)/b11-7+. The molecule has 1 atom stereocenters. The molecule has 0 bridgehead atoms. The maximum Gasteiger partial charge on any atom is 0.249 e. The van der Waals surface area contributed by atoms with Gasteiger partial charge in [0.05, 0.1) is 12.2 Å². The van der Waals surface area contributed by atoms with Gasteiger partial charge >= 0.3 is 0 Å². The molecule has 0 spiro atoms. The molecule has 1 unspecified atom stereocenters. The second-order valence-corrected chi connectivity index (χ2v) is 8.01. The number of carbonyl (C=O) groups is 1. The Balaban J connectivity index is 1.66. The third-order valence-electron chi connectivity index (χ3n) is 4.64. The van der Waals surface area contributed by atoms with Crippen molar-refractivity contribution >= 4 is 28.3 Å². The van der Waals surface area contributed by atoms with E-state index in [2.05, 4.69) is 25.2 Å². The van der Waals surface area contributed by atoms with Crippen LogP contribution in [0.25, 0.3) is 6.08 Å². The summed E-state index contributed by atoms with van der Waals surface area (Å²) in [7, 11) is 0. The van der Waals surface area contributed by atoms with E-state index in [0.717, 1.165) is 42.6 Å². The molecule has 140 valence electrons. The van der Waals surface area contributed by atoms with Gasteiger partial charge in [0.2, 0.25) is 5.91 Å². The van der Waals surface area contributed by atoms with Crippen molar-refractivity contribution < 1.29 is 9.53 Å². The van der Waals surface area contributed by atoms with Crippen molar-refractivity contribution in [2.24, 2.45) is 5.92 Å². The lowest BCUT2D eigenvalue weighted by atomic mass is 9.89. The fraction of sp³-hybridized carbons (Fsp3) is 0.364. The van der Waals surface area contributed by atoms with Crippen LogP contribution in [0, 0.1) is 17.2 Å². The molecule has 4 nitrogen and oxygen atoms in total. The summed E-state index contributed by atoms with van der Waals surface area (Å²) in [5, 5.41) is 13.1. The smallest absolute Gasteiger partial charge is 0.249 e. The van der Waals surface area contributed by atoms with Gasteiger partial charge in [0.25, 0.3) is 0 Å². The van der Waals surface area contributed by atoms with Gasteiger partial charge in [0, 0.05) is 11.0 Å². The Morgan fingerprint density at radius 3 is 2.89 bits per heavy atom. The summed E-state index contributed by atoms with van der Waals surface area (Å²) in [5.41, 5.74) is 2.69. The molecule has 1 aliphatic carbocycles. The quantitative estimate of drug-likeness (QED) is 0.702. The fourth-order valence-corrected chi connectivity index (χ4v) is 4.54. The van der Waals surface area contributed by atoms with Crippen LogP contribution in [0.3, 0.4) is 0 Å². The van der Waals surface area contributed by atoms with Gasteiger partial charge in [-0.25, -0.2) is 0 Å². The molecule has 0 aliphatic heterocycles. The number of nitrogens with zero attached hydrogens (tertiary/aromatic N) is 1. The van der Waals surface area contributed by atoms with Crippen LogP contribution in [0.2, 0.25) is 0 Å². The van der Waals surface area contributed by atoms with E-state index >= 15 is 0 Å². The molecule has 1 aliphatic rings. The number of hydrogen-bond acceptors (Lipinski definition) is 4. The van der Waals surface area contributed by atoms with Crippen molar-refractivity contribution in [3.63, 3.8) is 0 Å². The van der Waals surface area contributed by atoms with Gasteiger partial charge in [-0.05, 0) is 60.9 Å². The number of carbonyl (C=O) groups excluding carboxylic acids is 1. The van der Waals surface area contributed by atoms with Gasteiger partial charge < -0.3 is 10.1 Å². The summed E-state index contributed by atoms with van der Waals surface area (Å²) >= 11 is 1.54. The van der Waals surface area contributed by atoms with E-state index in [0.29, 0.717) is 23.1 Å². The van der Waals surface area contributed by atoms with Crippen LogP contribution < -0.4 is 10.1 Å². The van der Waals surface area contributed by atoms with Crippen LogP contribution in [-0.2, 0) is 17.6 Å². The Bertz CT molecular complexity index is 875. The van der Waals surface area contributed by atoms with Gasteiger partial charge in [0.15, 0.2) is 0 Å². The highest BCUT2D eigenvalue weighted by Crippen LogP contribution is 2.39. The van der Waals surface area contributed by atoms with Crippen LogP contribution in [0.5, 0.6) is 5.75 Å². The van der Waals surface area contributed by atoms with E-state index < -0.39 is 0 Å². The number of fused-ring (bicyclic) bond motifs is 1. The van der Waals surface area contributed by atoms with Crippen LogP contribution >= 0.6 is 11.3 Å². The van der Waals surface area contributed by atoms with E-state index in [1.165, 1.54) is 11.0 Å². The lowest BCUT2D eigenvalue weighted by Gasteiger charge is -2.17. The molecule has 5 heteroatoms. The normalized spacial score (nSPS) is 16.0. The summed E-state index contributed by atoms with van der Waals surface area (Å²) < 4.78 is 5.56. The minimum atomic E-state index is -0.218. The Kier molecular flexibility index (Phi) is 6.31. The molecule has 1 amide bonds. The Morgan fingerprint density at radius 2 is 2.19 bits per heavy atom. The van der Waals surface area contributed by atoms with E-state index in [9.17, 15) is 10.1 Å². The van der Waals surface area contributed by atoms with E-state index in [4.69, 9.17) is 4.74 Å². The third-order valence-corrected chi connectivity index (χ3v) is 5.81. The van der Waals surface area contributed by atoms with Crippen molar-refractivity contribution in [1.82, 2.24) is 0 Å². The lowest BCUT2D eigenvalue weighted by Crippen LogP contribution is -2.10. The van der Waals surface area contributed by atoms with E-state index in [1.54, 1.807) is 17.4 Å². The minimum Gasteiger partial charge on any atom is -0.494 e. The molecule has 0 radical (unpaired) electrons. The summed E-state index contributed by atoms with van der Waals surface area (Å²) in [4.78, 5) is 13.6. The Morgan fingerprint density at radius 1 is 1.41 bits per heavy atom. The summed E-state index contributed by atoms with van der Waals surface area (Å²) in [6.45, 7) is 4.99. The van der Waals surface area contributed by atoms with Crippen LogP contribution in [0.4, 0.5) is 5.00 Å². The largest absolute Gasteiger partial charge is 0.494 e. The molecular formula is C22H24N2O2S. The zero-order valence-electron chi connectivity index (χ0n) is 15.7. The topological polar surface area (TPSA) is 62.1 Å². The third kappa shape index (κ3) is 4.78. The molecule has 0 saturated heterocycles. The van der Waals surface area contributed by atoms with E-state index in [-0.39, 0.29) is 5.91 Å². The van der Waals surface area contributed by atoms with Crippen LogP contribution in [0.15, 0.2) is 30.3 Å². The number of hydrogen-bond donors (Lipinski definition) is 1. The molecule has 2 aromatic rings. The molecule has 3 rings (SSSR count). The summed E-state index contributed by atoms with van der Waals surface area (Å²) in [6, 6.07) is 9.91. The number of anilines is 1. The predicted octanol–water partition coefficient (Wildman–Crippen LogP) is 5.19. The number of ether oxygens (including phenoxy) is 1. The molecule has 27 heavy (non-hydrogen) atoms. The highest BCUT2D eigenvalue weighted by Gasteiger charge is 2.24. The van der Waals surface area contributed by atoms with Crippen molar-refractivity contribution in [2.45, 2.75) is 39.5 Å². The van der Waals surface area contributed by atoms with Gasteiger partial charge in [-0.1, -0.05) is 26.0 Å². The highest BCUT2D eigenvalue weighted by molar-refractivity contribution is 7.16. The van der Waals surface area contributed by atoms with Gasteiger partial charge in [-0.15, -0.1) is 11.3 Å². The zero-order chi connectivity index (χ0) is 19.2. The first-order valence-electron chi connectivity index (χ1n) is 9.37. The van der Waals surface area contributed by atoms with Crippen molar-refractivity contribution in [2.75, 3.05) is 11.9 Å². The van der Waals surface area contributed by atoms with Crippen molar-refractivity contribution in [3.05, 3.63) is 51.9 Å². The SMILES string of the molecule is CCCOc1ccc(/C=C/C(=O)Nc2sc3c(c2C#N)CCC(C)C3)cc1. The number of amides is 1. The molecule has 1 aromatic heterocycles. The molecular weight excluding hydrogens is 356 g/mol. The first-order chi connectivity index (χ1) is 13.1. The molecule has 0 fully saturated rings. The fourth-order valence-electron chi connectivity index (χ4n) is 3.18. The van der Waals surface area contributed by atoms with E-state index in [1.807, 2.05) is 24.3 Å². The number of benzene rings is 1. The summed E-state index contributed by atoms with van der Waals surface area (Å²) in [6.07, 6.45) is 7.26. The Labute approximate surface area is 164 Å². The lowest BCUT2D eigenvalue weighted by molar-refractivity contribution is -0.111. The van der Waals surface area contributed by atoms with Crippen molar-refractivity contribution in [1.29, 1.82) is 5.26 Å². The number of nitriles is 1. The second kappa shape index (κ2) is 8.88. The molecule has 1 heterocycles. The van der Waals surface area contributed by atoms with Crippen molar-refractivity contribution in [3.8, 4) is 11.8 Å². The second-order valence-electron chi connectivity index (χ2n) is 6.91. The monoisotopic (exact) mass is 380 g/mol. The van der Waals surface area contributed by atoms with Gasteiger partial charge in [-0.2, -0.15) is 5.26 Å². The highest BCUT2D eigenvalue weighted by atomic mass is 32.1. The maximum atomic E-state index is 12.3. The average Bonchev–Trinajstić information content (AvgIpc) is 3.01. The number of nitrogens with one attached hydrogen (secondary N) is 1. The molecule has 1 N–H and O–H groups in total. The Hall–Kier alpha value is -2.58. The number of rotatable bonds is 6. The van der Waals surface area contributed by atoms with Crippen LogP contribution in [-0.4, -0.2) is 12.5 Å². The predicted molar refractivity (Wildman–Crippen MR) is 110 cm³/mol. The van der Waals surface area contributed by atoms with Gasteiger partial charge in [-0.3, -0.25) is 4.79 Å². The van der Waals surface area contributed by atoms with Gasteiger partial charge in [0.1, 0.15) is 16.8 Å². The molecule has 0 saturated carbocycles. The maximum absolute atomic E-state index is 12.3. The average molecular weight is 381 g/mol. The zero-order valence-corrected chi connectivity index (χ0v) is 16.6. The first kappa shape index (κ1) is 19.2.